The number of aromatic nitrogens is 2. The summed E-state index contributed by atoms with van der Waals surface area (Å²) in [5.41, 5.74) is 2.21. The third-order valence-electron chi connectivity index (χ3n) is 6.01. The van der Waals surface area contributed by atoms with Gasteiger partial charge in [-0.25, -0.2) is 31.1 Å². The number of hydrogen-bond acceptors (Lipinski definition) is 7. The van der Waals surface area contributed by atoms with Gasteiger partial charge in [-0.1, -0.05) is 19.1 Å². The quantitative estimate of drug-likeness (QED) is 0.535. The highest BCUT2D eigenvalue weighted by atomic mass is 32.2. The zero-order valence-corrected chi connectivity index (χ0v) is 19.7. The lowest BCUT2D eigenvalue weighted by molar-refractivity contribution is 0.376. The van der Waals surface area contributed by atoms with E-state index in [1.807, 2.05) is 0 Å². The lowest BCUT2D eigenvalue weighted by Gasteiger charge is -2.25. The maximum absolute atomic E-state index is 14.8. The fraction of sp³-hybridized carbons (Fsp3) is 0.333. The van der Waals surface area contributed by atoms with E-state index in [4.69, 9.17) is 4.42 Å². The first-order chi connectivity index (χ1) is 15.4. The smallest absolute Gasteiger partial charge is 0.391 e. The second kappa shape index (κ2) is 8.19. The van der Waals surface area contributed by atoms with Crippen LogP contribution >= 0.6 is 0 Å². The summed E-state index contributed by atoms with van der Waals surface area (Å²) in [6.45, 7) is 5.09. The number of sulfonamides is 1. The first-order valence-electron chi connectivity index (χ1n) is 10.1. The van der Waals surface area contributed by atoms with Gasteiger partial charge in [0.05, 0.1) is 15.5 Å². The van der Waals surface area contributed by atoms with Crippen molar-refractivity contribution in [3.05, 3.63) is 74.8 Å². The van der Waals surface area contributed by atoms with E-state index in [1.165, 1.54) is 18.2 Å². The fourth-order valence-corrected chi connectivity index (χ4v) is 7.01. The maximum Gasteiger partial charge on any atom is 0.434 e. The Bertz CT molecular complexity index is 1510. The summed E-state index contributed by atoms with van der Waals surface area (Å²) in [4.78, 5) is 11.3. The number of fused-ring (bicyclic) bond motifs is 1. The van der Waals surface area contributed by atoms with E-state index < -0.39 is 43.4 Å². The molecule has 2 heterocycles. The summed E-state index contributed by atoms with van der Waals surface area (Å²) in [5, 5.41) is 5.84. The van der Waals surface area contributed by atoms with Gasteiger partial charge in [-0.2, -0.15) is 4.72 Å². The molecule has 9 nitrogen and oxygen atoms in total. The Morgan fingerprint density at radius 2 is 1.94 bits per heavy atom. The zero-order valence-electron chi connectivity index (χ0n) is 18.0. The number of sulfone groups is 1. The van der Waals surface area contributed by atoms with Crippen molar-refractivity contribution in [2.75, 3.05) is 5.75 Å². The number of nitrogens with one attached hydrogen (secondary N) is 2. The minimum absolute atomic E-state index is 0.0261. The van der Waals surface area contributed by atoms with Crippen molar-refractivity contribution in [1.29, 1.82) is 0 Å². The highest BCUT2D eigenvalue weighted by Gasteiger charge is 2.35. The van der Waals surface area contributed by atoms with E-state index in [1.54, 1.807) is 26.8 Å². The van der Waals surface area contributed by atoms with Crippen molar-refractivity contribution in [2.45, 2.75) is 48.9 Å². The molecule has 0 saturated heterocycles. The van der Waals surface area contributed by atoms with Crippen LogP contribution in [-0.2, 0) is 26.3 Å². The van der Waals surface area contributed by atoms with Crippen molar-refractivity contribution < 1.29 is 25.6 Å². The van der Waals surface area contributed by atoms with Crippen molar-refractivity contribution >= 4 is 19.9 Å². The molecule has 0 unspecified atom stereocenters. The van der Waals surface area contributed by atoms with E-state index in [9.17, 15) is 26.0 Å². The largest absolute Gasteiger partial charge is 0.434 e. The summed E-state index contributed by atoms with van der Waals surface area (Å²) >= 11 is 0. The highest BCUT2D eigenvalue weighted by molar-refractivity contribution is 7.92. The van der Waals surface area contributed by atoms with Gasteiger partial charge in [0.2, 0.25) is 15.9 Å². The number of rotatable bonds is 6. The van der Waals surface area contributed by atoms with Gasteiger partial charge in [0.15, 0.2) is 9.84 Å². The van der Waals surface area contributed by atoms with Crippen LogP contribution in [0.15, 0.2) is 49.3 Å². The van der Waals surface area contributed by atoms with Gasteiger partial charge < -0.3 is 4.42 Å². The molecule has 0 amide bonds. The van der Waals surface area contributed by atoms with Crippen LogP contribution < -0.4 is 10.5 Å². The minimum atomic E-state index is -4.31. The first-order valence-corrected chi connectivity index (χ1v) is 13.2. The Balaban J connectivity index is 1.79. The average molecular weight is 496 g/mol. The number of benzene rings is 2. The molecule has 33 heavy (non-hydrogen) atoms. The number of halogens is 1. The van der Waals surface area contributed by atoms with E-state index >= 15 is 0 Å². The Morgan fingerprint density at radius 1 is 1.21 bits per heavy atom. The van der Waals surface area contributed by atoms with Crippen LogP contribution in [0.2, 0.25) is 0 Å². The van der Waals surface area contributed by atoms with Crippen molar-refractivity contribution in [3.63, 3.8) is 0 Å². The summed E-state index contributed by atoms with van der Waals surface area (Å²) in [7, 11) is -7.87. The van der Waals surface area contributed by atoms with Crippen LogP contribution in [0.3, 0.4) is 0 Å². The van der Waals surface area contributed by atoms with Gasteiger partial charge in [-0.3, -0.25) is 0 Å². The molecule has 2 aromatic carbocycles. The zero-order chi connectivity index (χ0) is 24.1. The van der Waals surface area contributed by atoms with Gasteiger partial charge >= 0.3 is 5.76 Å². The first kappa shape index (κ1) is 23.3. The molecule has 0 fully saturated rings. The third kappa shape index (κ3) is 4.25. The summed E-state index contributed by atoms with van der Waals surface area (Å²) in [6.07, 6.45) is 0.315. The normalized spacial score (nSPS) is 17.0. The molecule has 0 saturated carbocycles. The Kier molecular flexibility index (Phi) is 5.79. The molecule has 4 rings (SSSR count). The maximum atomic E-state index is 14.8. The number of hydrogen-bond donors (Lipinski definition) is 2. The molecule has 0 bridgehead atoms. The van der Waals surface area contributed by atoms with E-state index in [-0.39, 0.29) is 27.0 Å². The lowest BCUT2D eigenvalue weighted by Crippen LogP contribution is -2.33. The van der Waals surface area contributed by atoms with E-state index in [2.05, 4.69) is 14.9 Å². The van der Waals surface area contributed by atoms with Crippen LogP contribution in [-0.4, -0.2) is 32.8 Å². The highest BCUT2D eigenvalue weighted by Crippen LogP contribution is 2.36. The summed E-state index contributed by atoms with van der Waals surface area (Å²) in [5.74, 6) is -2.62. The molecule has 2 N–H and O–H groups in total. The van der Waals surface area contributed by atoms with Crippen LogP contribution in [0.4, 0.5) is 4.39 Å². The van der Waals surface area contributed by atoms with Gasteiger partial charge in [0, 0.05) is 5.92 Å². The molecule has 176 valence electrons. The minimum Gasteiger partial charge on any atom is -0.391 e. The molecule has 1 aliphatic rings. The topological polar surface area (TPSA) is 139 Å². The van der Waals surface area contributed by atoms with Gasteiger partial charge in [-0.05, 0) is 60.7 Å². The molecule has 1 aromatic heterocycles. The Hall–Kier alpha value is -2.83. The second-order valence-electron chi connectivity index (χ2n) is 8.08. The average Bonchev–Trinajstić information content (AvgIpc) is 3.31. The van der Waals surface area contributed by atoms with Crippen molar-refractivity contribution in [3.8, 4) is 0 Å². The van der Waals surface area contributed by atoms with Crippen molar-refractivity contribution in [1.82, 2.24) is 14.9 Å². The fourth-order valence-electron chi connectivity index (χ4n) is 4.06. The van der Waals surface area contributed by atoms with Crippen LogP contribution in [0, 0.1) is 19.7 Å². The van der Waals surface area contributed by atoms with Gasteiger partial charge in [-0.15, -0.1) is 5.10 Å². The third-order valence-corrected chi connectivity index (χ3v) is 9.25. The standard InChI is InChI=1S/C21H22FN3O6S2/c1-11-4-7-16(22)18(12(11)2)13(3)19(20-23-24-21(26)31-20)25-33(29,30)15-6-5-14-8-9-32(27,28)17(14)10-15/h4-7,10,13,19,25H,8-9H2,1-3H3,(H,24,26)/t13-,19+/m1/s1. The molecule has 0 aliphatic carbocycles. The molecule has 3 aromatic rings. The lowest BCUT2D eigenvalue weighted by atomic mass is 9.88. The Labute approximate surface area is 190 Å². The molecule has 12 heteroatoms. The Morgan fingerprint density at radius 3 is 2.61 bits per heavy atom. The number of nitrogens with zero attached hydrogens (tertiary/aromatic N) is 1. The predicted octanol–water partition coefficient (Wildman–Crippen LogP) is 2.27. The second-order valence-corrected chi connectivity index (χ2v) is 11.9. The van der Waals surface area contributed by atoms with Crippen LogP contribution in [0.1, 0.15) is 47.0 Å². The number of aromatic amines is 1. The molecule has 0 spiro atoms. The van der Waals surface area contributed by atoms with Crippen molar-refractivity contribution in [2.24, 2.45) is 0 Å². The van der Waals surface area contributed by atoms with Crippen LogP contribution in [0.25, 0.3) is 0 Å². The van der Waals surface area contributed by atoms with Gasteiger partial charge in [0.1, 0.15) is 11.9 Å². The van der Waals surface area contributed by atoms with E-state index in [0.717, 1.165) is 11.6 Å². The van der Waals surface area contributed by atoms with Gasteiger partial charge in [0.25, 0.3) is 0 Å². The molecule has 0 radical (unpaired) electrons. The monoisotopic (exact) mass is 495 g/mol. The molecule has 2 atom stereocenters. The van der Waals surface area contributed by atoms with E-state index in [0.29, 0.717) is 17.5 Å². The molecular weight excluding hydrogens is 473 g/mol. The predicted molar refractivity (Wildman–Crippen MR) is 117 cm³/mol. The van der Waals surface area contributed by atoms with Crippen LogP contribution in [0.5, 0.6) is 0 Å². The SMILES string of the molecule is Cc1ccc(F)c([C@@H](C)[C@H](NS(=O)(=O)c2ccc3c(c2)S(=O)(=O)CC3)c2n[nH]c(=O)o2)c1C. The summed E-state index contributed by atoms with van der Waals surface area (Å²) in [6, 6.07) is 5.52. The molecule has 1 aliphatic heterocycles. The summed E-state index contributed by atoms with van der Waals surface area (Å²) < 4.78 is 73.2. The number of H-pyrrole nitrogens is 1. The molecular formula is C21H22FN3O6S2. The number of aryl methyl sites for hydroxylation is 2.